The van der Waals surface area contributed by atoms with Crippen LogP contribution in [0.15, 0.2) is 24.3 Å². The van der Waals surface area contributed by atoms with E-state index in [0.717, 1.165) is 19.5 Å². The fourth-order valence-electron chi connectivity index (χ4n) is 3.56. The number of nitrogens with zero attached hydrogens (tertiary/aromatic N) is 1. The third kappa shape index (κ3) is 3.87. The first-order chi connectivity index (χ1) is 10.7. The largest absolute Gasteiger partial charge is 0.351 e. The highest BCUT2D eigenvalue weighted by Gasteiger charge is 2.25. The normalized spacial score (nSPS) is 23.6. The summed E-state index contributed by atoms with van der Waals surface area (Å²) in [5.41, 5.74) is 2.61. The minimum absolute atomic E-state index is 0.0984. The molecule has 1 fully saturated rings. The Morgan fingerprint density at radius 2 is 2.00 bits per heavy atom. The van der Waals surface area contributed by atoms with Crippen LogP contribution in [0.4, 0.5) is 0 Å². The van der Waals surface area contributed by atoms with Crippen LogP contribution >= 0.6 is 0 Å². The maximum Gasteiger partial charge on any atom is 0.237 e. The monoisotopic (exact) mass is 301 g/mol. The van der Waals surface area contributed by atoms with Crippen LogP contribution in [0, 0.1) is 0 Å². The van der Waals surface area contributed by atoms with Crippen molar-refractivity contribution in [2.24, 2.45) is 0 Å². The maximum atomic E-state index is 12.5. The molecule has 4 nitrogen and oxygen atoms in total. The molecule has 2 aliphatic rings. The smallest absolute Gasteiger partial charge is 0.237 e. The number of fused-ring (bicyclic) bond motifs is 1. The Balaban J connectivity index is 1.49. The Bertz CT molecular complexity index is 511. The molecule has 2 N–H and O–H groups in total. The average molecular weight is 301 g/mol. The molecular formula is C18H27N3O. The third-order valence-electron chi connectivity index (χ3n) is 4.77. The fourth-order valence-corrected chi connectivity index (χ4v) is 3.56. The van der Waals surface area contributed by atoms with Crippen molar-refractivity contribution in [1.29, 1.82) is 0 Å². The van der Waals surface area contributed by atoms with E-state index >= 15 is 0 Å². The van der Waals surface area contributed by atoms with Crippen molar-refractivity contribution < 1.29 is 4.79 Å². The van der Waals surface area contributed by atoms with E-state index in [1.54, 1.807) is 0 Å². The molecule has 3 rings (SSSR count). The molecule has 0 bridgehead atoms. The van der Waals surface area contributed by atoms with Gasteiger partial charge in [-0.05, 0) is 50.4 Å². The molecule has 2 aliphatic heterocycles. The van der Waals surface area contributed by atoms with Crippen molar-refractivity contribution in [3.05, 3.63) is 35.4 Å². The first-order valence-corrected chi connectivity index (χ1v) is 8.55. The number of hydrogen-bond donors (Lipinski definition) is 2. The van der Waals surface area contributed by atoms with Crippen LogP contribution in [-0.4, -0.2) is 42.5 Å². The Labute approximate surface area is 133 Å². The molecule has 0 radical (unpaired) electrons. The Morgan fingerprint density at radius 1 is 1.27 bits per heavy atom. The van der Waals surface area contributed by atoms with Gasteiger partial charge in [0.1, 0.15) is 0 Å². The quantitative estimate of drug-likeness (QED) is 0.889. The summed E-state index contributed by atoms with van der Waals surface area (Å²) >= 11 is 0. The van der Waals surface area contributed by atoms with Crippen LogP contribution in [0.1, 0.15) is 37.3 Å². The number of hydrogen-bond acceptors (Lipinski definition) is 3. The second-order valence-corrected chi connectivity index (χ2v) is 6.68. The first kappa shape index (κ1) is 15.5. The van der Waals surface area contributed by atoms with Gasteiger partial charge in [0.05, 0.1) is 6.04 Å². The molecule has 1 aromatic carbocycles. The number of amides is 1. The predicted molar refractivity (Wildman–Crippen MR) is 88.7 cm³/mol. The Kier molecular flexibility index (Phi) is 5.11. The van der Waals surface area contributed by atoms with Gasteiger partial charge in [-0.3, -0.25) is 4.79 Å². The summed E-state index contributed by atoms with van der Waals surface area (Å²) in [6.07, 6.45) is 4.73. The summed E-state index contributed by atoms with van der Waals surface area (Å²) < 4.78 is 0. The molecule has 1 aromatic rings. The topological polar surface area (TPSA) is 44.4 Å². The van der Waals surface area contributed by atoms with Gasteiger partial charge in [-0.1, -0.05) is 30.7 Å². The van der Waals surface area contributed by atoms with E-state index in [0.29, 0.717) is 0 Å². The Hall–Kier alpha value is -1.39. The molecule has 2 unspecified atom stereocenters. The van der Waals surface area contributed by atoms with Gasteiger partial charge in [0.25, 0.3) is 0 Å². The second-order valence-electron chi connectivity index (χ2n) is 6.68. The van der Waals surface area contributed by atoms with Crippen LogP contribution in [0.3, 0.4) is 0 Å². The van der Waals surface area contributed by atoms with Gasteiger partial charge < -0.3 is 15.5 Å². The molecule has 2 heterocycles. The van der Waals surface area contributed by atoms with Crippen LogP contribution in [0.5, 0.6) is 0 Å². The van der Waals surface area contributed by atoms with Crippen molar-refractivity contribution in [3.63, 3.8) is 0 Å². The predicted octanol–water partition coefficient (Wildman–Crippen LogP) is 1.69. The molecule has 1 amide bonds. The zero-order valence-corrected chi connectivity index (χ0v) is 13.5. The summed E-state index contributed by atoms with van der Waals surface area (Å²) in [7, 11) is 0. The van der Waals surface area contributed by atoms with E-state index in [2.05, 4.69) is 46.7 Å². The van der Waals surface area contributed by atoms with Gasteiger partial charge in [-0.15, -0.1) is 0 Å². The zero-order valence-electron chi connectivity index (χ0n) is 13.5. The van der Waals surface area contributed by atoms with Gasteiger partial charge in [0.2, 0.25) is 5.91 Å². The van der Waals surface area contributed by atoms with Crippen LogP contribution in [0.25, 0.3) is 0 Å². The minimum Gasteiger partial charge on any atom is -0.351 e. The van der Waals surface area contributed by atoms with Gasteiger partial charge in [0, 0.05) is 19.1 Å². The van der Waals surface area contributed by atoms with Crippen LogP contribution < -0.4 is 10.6 Å². The summed E-state index contributed by atoms with van der Waals surface area (Å²) in [5.74, 6) is 0.138. The molecule has 4 heteroatoms. The lowest BCUT2D eigenvalue weighted by molar-refractivity contribution is -0.124. The van der Waals surface area contributed by atoms with Gasteiger partial charge in [0.15, 0.2) is 0 Å². The lowest BCUT2D eigenvalue weighted by atomic mass is 9.95. The van der Waals surface area contributed by atoms with Gasteiger partial charge in [-0.25, -0.2) is 0 Å². The standard InChI is InChI=1S/C18H27N3O/c1-14(13-21-9-5-2-6-10-21)20-18(22)17-11-15-7-3-4-8-16(15)12-19-17/h3-4,7-8,14,17,19H,2,5-6,9-13H2,1H3,(H,20,22). The van der Waals surface area contributed by atoms with Crippen molar-refractivity contribution in [2.45, 2.75) is 51.2 Å². The van der Waals surface area contributed by atoms with Crippen molar-refractivity contribution in [2.75, 3.05) is 19.6 Å². The lowest BCUT2D eigenvalue weighted by Crippen LogP contribution is -2.52. The molecular weight excluding hydrogens is 274 g/mol. The molecule has 22 heavy (non-hydrogen) atoms. The van der Waals surface area contributed by atoms with E-state index in [4.69, 9.17) is 0 Å². The van der Waals surface area contributed by atoms with Crippen LogP contribution in [0.2, 0.25) is 0 Å². The van der Waals surface area contributed by atoms with Gasteiger partial charge in [-0.2, -0.15) is 0 Å². The third-order valence-corrected chi connectivity index (χ3v) is 4.77. The summed E-state index contributed by atoms with van der Waals surface area (Å²) in [4.78, 5) is 14.9. The van der Waals surface area contributed by atoms with Crippen LogP contribution in [-0.2, 0) is 17.8 Å². The number of likely N-dealkylation sites (tertiary alicyclic amines) is 1. The highest BCUT2D eigenvalue weighted by atomic mass is 16.2. The molecule has 0 aliphatic carbocycles. The number of piperidine rings is 1. The highest BCUT2D eigenvalue weighted by molar-refractivity contribution is 5.82. The summed E-state index contributed by atoms with van der Waals surface area (Å²) in [6, 6.07) is 8.49. The molecule has 2 atom stereocenters. The fraction of sp³-hybridized carbons (Fsp3) is 0.611. The van der Waals surface area contributed by atoms with E-state index in [9.17, 15) is 4.79 Å². The second kappa shape index (κ2) is 7.25. The highest BCUT2D eigenvalue weighted by Crippen LogP contribution is 2.16. The van der Waals surface area contributed by atoms with E-state index in [1.807, 2.05) is 0 Å². The van der Waals surface area contributed by atoms with Crippen molar-refractivity contribution in [3.8, 4) is 0 Å². The summed E-state index contributed by atoms with van der Waals surface area (Å²) in [6.45, 7) is 6.22. The lowest BCUT2D eigenvalue weighted by Gasteiger charge is -2.31. The number of carbonyl (C=O) groups excluding carboxylic acids is 1. The summed E-state index contributed by atoms with van der Waals surface area (Å²) in [5, 5.41) is 6.54. The zero-order chi connectivity index (χ0) is 15.4. The van der Waals surface area contributed by atoms with Gasteiger partial charge >= 0.3 is 0 Å². The SMILES string of the molecule is CC(CN1CCCCC1)NC(=O)C1Cc2ccccc2CN1. The molecule has 1 saturated heterocycles. The van der Waals surface area contributed by atoms with Crippen molar-refractivity contribution >= 4 is 5.91 Å². The van der Waals surface area contributed by atoms with E-state index < -0.39 is 0 Å². The average Bonchev–Trinajstić information content (AvgIpc) is 2.55. The number of benzene rings is 1. The molecule has 120 valence electrons. The Morgan fingerprint density at radius 3 is 2.77 bits per heavy atom. The van der Waals surface area contributed by atoms with E-state index in [1.165, 1.54) is 43.5 Å². The van der Waals surface area contributed by atoms with E-state index in [-0.39, 0.29) is 18.0 Å². The number of carbonyl (C=O) groups is 1. The van der Waals surface area contributed by atoms with Crippen molar-refractivity contribution in [1.82, 2.24) is 15.5 Å². The molecule has 0 spiro atoms. The number of nitrogens with one attached hydrogen (secondary N) is 2. The number of rotatable bonds is 4. The molecule has 0 aromatic heterocycles. The molecule has 0 saturated carbocycles. The minimum atomic E-state index is -0.0984. The maximum absolute atomic E-state index is 12.5. The first-order valence-electron chi connectivity index (χ1n) is 8.55.